The predicted molar refractivity (Wildman–Crippen MR) is 88.4 cm³/mol. The maximum absolute atomic E-state index is 12.8. The van der Waals surface area contributed by atoms with Crippen molar-refractivity contribution < 1.29 is 9.53 Å². The van der Waals surface area contributed by atoms with Crippen molar-refractivity contribution in [2.24, 2.45) is 11.8 Å². The van der Waals surface area contributed by atoms with Crippen molar-refractivity contribution in [2.45, 2.75) is 65.2 Å². The standard InChI is InChI=1S/C19H29NO2/c1-3-16-13(2)18-17(20-16)8-7-15(19(18)21)6-4-5-14-9-11-22-12-10-14/h14-15,20H,3-12H2,1-2H3. The van der Waals surface area contributed by atoms with Gasteiger partial charge in [-0.3, -0.25) is 4.79 Å². The molecule has 1 unspecified atom stereocenters. The zero-order valence-electron chi connectivity index (χ0n) is 14.0. The van der Waals surface area contributed by atoms with E-state index in [0.29, 0.717) is 5.78 Å². The van der Waals surface area contributed by atoms with Crippen molar-refractivity contribution in [2.75, 3.05) is 13.2 Å². The van der Waals surface area contributed by atoms with E-state index >= 15 is 0 Å². The average molecular weight is 303 g/mol. The number of rotatable bonds is 5. The Morgan fingerprint density at radius 2 is 1.95 bits per heavy atom. The molecule has 1 aromatic heterocycles. The van der Waals surface area contributed by atoms with Gasteiger partial charge >= 0.3 is 0 Å². The molecule has 0 radical (unpaired) electrons. The molecular formula is C19H29NO2. The number of nitrogens with one attached hydrogen (secondary N) is 1. The van der Waals surface area contributed by atoms with Crippen LogP contribution in [-0.2, 0) is 17.6 Å². The molecule has 0 bridgehead atoms. The summed E-state index contributed by atoms with van der Waals surface area (Å²) in [7, 11) is 0. The van der Waals surface area contributed by atoms with E-state index in [0.717, 1.165) is 50.4 Å². The summed E-state index contributed by atoms with van der Waals surface area (Å²) in [6.07, 6.45) is 9.01. The fourth-order valence-corrected chi connectivity index (χ4v) is 4.21. The number of aromatic nitrogens is 1. The van der Waals surface area contributed by atoms with Gasteiger partial charge in [0.05, 0.1) is 0 Å². The first-order valence-corrected chi connectivity index (χ1v) is 9.03. The molecular weight excluding hydrogens is 274 g/mol. The molecule has 3 nitrogen and oxygen atoms in total. The summed E-state index contributed by atoms with van der Waals surface area (Å²) in [6, 6.07) is 0. The summed E-state index contributed by atoms with van der Waals surface area (Å²) < 4.78 is 5.42. The summed E-state index contributed by atoms with van der Waals surface area (Å²) in [5.41, 5.74) is 4.68. The summed E-state index contributed by atoms with van der Waals surface area (Å²) >= 11 is 0. The van der Waals surface area contributed by atoms with Crippen LogP contribution in [0.1, 0.15) is 72.8 Å². The highest BCUT2D eigenvalue weighted by Crippen LogP contribution is 2.33. The molecule has 0 aromatic carbocycles. The Bertz CT molecular complexity index is 526. The van der Waals surface area contributed by atoms with Crippen molar-refractivity contribution in [3.63, 3.8) is 0 Å². The van der Waals surface area contributed by atoms with Crippen molar-refractivity contribution in [1.82, 2.24) is 4.98 Å². The van der Waals surface area contributed by atoms with Gasteiger partial charge in [-0.1, -0.05) is 19.8 Å². The topological polar surface area (TPSA) is 42.1 Å². The molecule has 2 aliphatic rings. The van der Waals surface area contributed by atoms with E-state index in [1.54, 1.807) is 0 Å². The van der Waals surface area contributed by atoms with Gasteiger partial charge in [-0.2, -0.15) is 0 Å². The lowest BCUT2D eigenvalue weighted by Gasteiger charge is -2.24. The molecule has 1 fully saturated rings. The number of fused-ring (bicyclic) bond motifs is 1. The SMILES string of the molecule is CCc1[nH]c2c(c1C)C(=O)C(CCCC1CCOCC1)CC2. The molecule has 3 rings (SSSR count). The van der Waals surface area contributed by atoms with Crippen LogP contribution in [0.5, 0.6) is 0 Å². The van der Waals surface area contributed by atoms with E-state index < -0.39 is 0 Å². The molecule has 1 aromatic rings. The van der Waals surface area contributed by atoms with Gasteiger partial charge in [0, 0.05) is 36.1 Å². The molecule has 1 atom stereocenters. The minimum Gasteiger partial charge on any atom is -0.381 e. The van der Waals surface area contributed by atoms with E-state index in [9.17, 15) is 4.79 Å². The molecule has 3 heteroatoms. The summed E-state index contributed by atoms with van der Waals surface area (Å²) in [5.74, 6) is 1.48. The van der Waals surface area contributed by atoms with Crippen LogP contribution in [0.15, 0.2) is 0 Å². The van der Waals surface area contributed by atoms with E-state index in [2.05, 4.69) is 18.8 Å². The number of aromatic amines is 1. The highest BCUT2D eigenvalue weighted by molar-refractivity contribution is 6.01. The highest BCUT2D eigenvalue weighted by Gasteiger charge is 2.31. The normalized spacial score (nSPS) is 22.8. The molecule has 22 heavy (non-hydrogen) atoms. The molecule has 122 valence electrons. The van der Waals surface area contributed by atoms with Crippen LogP contribution in [0.4, 0.5) is 0 Å². The molecule has 2 heterocycles. The number of carbonyl (C=O) groups excluding carboxylic acids is 1. The van der Waals surface area contributed by atoms with Gasteiger partial charge in [0.15, 0.2) is 5.78 Å². The number of hydrogen-bond acceptors (Lipinski definition) is 2. The number of ketones is 1. The Labute approximate surface area is 133 Å². The lowest BCUT2D eigenvalue weighted by atomic mass is 9.81. The van der Waals surface area contributed by atoms with Gasteiger partial charge in [-0.05, 0) is 56.9 Å². The third-order valence-corrected chi connectivity index (χ3v) is 5.65. The van der Waals surface area contributed by atoms with Gasteiger partial charge in [0.25, 0.3) is 0 Å². The number of hydrogen-bond donors (Lipinski definition) is 1. The lowest BCUT2D eigenvalue weighted by molar-refractivity contribution is 0.0623. The number of aryl methyl sites for hydroxylation is 2. The van der Waals surface area contributed by atoms with Crippen LogP contribution in [0, 0.1) is 18.8 Å². The fourth-order valence-electron chi connectivity index (χ4n) is 4.21. The number of carbonyl (C=O) groups is 1. The second-order valence-corrected chi connectivity index (χ2v) is 7.02. The van der Waals surface area contributed by atoms with E-state index in [-0.39, 0.29) is 5.92 Å². The Hall–Kier alpha value is -1.09. The minimum atomic E-state index is 0.256. The third kappa shape index (κ3) is 3.15. The van der Waals surface area contributed by atoms with Crippen molar-refractivity contribution in [1.29, 1.82) is 0 Å². The Morgan fingerprint density at radius 1 is 1.18 bits per heavy atom. The summed E-state index contributed by atoms with van der Waals surface area (Å²) in [4.78, 5) is 16.3. The van der Waals surface area contributed by atoms with Crippen molar-refractivity contribution in [3.05, 3.63) is 22.5 Å². The first-order valence-electron chi connectivity index (χ1n) is 9.03. The van der Waals surface area contributed by atoms with Crippen LogP contribution >= 0.6 is 0 Å². The first-order chi connectivity index (χ1) is 10.7. The number of ether oxygens (including phenoxy) is 1. The molecule has 0 amide bonds. The van der Waals surface area contributed by atoms with Gasteiger partial charge in [0.1, 0.15) is 0 Å². The molecule has 1 N–H and O–H groups in total. The van der Waals surface area contributed by atoms with Crippen molar-refractivity contribution >= 4 is 5.78 Å². The van der Waals surface area contributed by atoms with Gasteiger partial charge in [0.2, 0.25) is 0 Å². The van der Waals surface area contributed by atoms with Crippen molar-refractivity contribution in [3.8, 4) is 0 Å². The number of H-pyrrole nitrogens is 1. The minimum absolute atomic E-state index is 0.256. The predicted octanol–water partition coefficient (Wildman–Crippen LogP) is 4.23. The Balaban J connectivity index is 1.57. The van der Waals surface area contributed by atoms with E-state index in [1.807, 2.05) is 0 Å². The molecule has 0 spiro atoms. The van der Waals surface area contributed by atoms with Gasteiger partial charge < -0.3 is 9.72 Å². The van der Waals surface area contributed by atoms with Gasteiger partial charge in [-0.25, -0.2) is 0 Å². The molecule has 1 saturated heterocycles. The Morgan fingerprint density at radius 3 is 2.68 bits per heavy atom. The maximum Gasteiger partial charge on any atom is 0.168 e. The molecule has 0 saturated carbocycles. The molecule has 1 aliphatic carbocycles. The second kappa shape index (κ2) is 6.99. The van der Waals surface area contributed by atoms with E-state index in [1.165, 1.54) is 42.6 Å². The zero-order chi connectivity index (χ0) is 15.5. The Kier molecular flexibility index (Phi) is 5.02. The molecule has 1 aliphatic heterocycles. The third-order valence-electron chi connectivity index (χ3n) is 5.65. The second-order valence-electron chi connectivity index (χ2n) is 7.02. The largest absolute Gasteiger partial charge is 0.381 e. The van der Waals surface area contributed by atoms with Gasteiger partial charge in [-0.15, -0.1) is 0 Å². The smallest absolute Gasteiger partial charge is 0.168 e. The maximum atomic E-state index is 12.8. The fraction of sp³-hybridized carbons (Fsp3) is 0.737. The van der Waals surface area contributed by atoms with Crippen LogP contribution in [0.3, 0.4) is 0 Å². The van der Waals surface area contributed by atoms with Crippen LogP contribution < -0.4 is 0 Å². The van der Waals surface area contributed by atoms with Crippen LogP contribution in [0.25, 0.3) is 0 Å². The average Bonchev–Trinajstić information content (AvgIpc) is 2.87. The van der Waals surface area contributed by atoms with E-state index in [4.69, 9.17) is 4.74 Å². The number of Topliss-reactive ketones (excluding diaryl/α,β-unsaturated/α-hetero) is 1. The van der Waals surface area contributed by atoms with Crippen LogP contribution in [0.2, 0.25) is 0 Å². The van der Waals surface area contributed by atoms with Crippen LogP contribution in [-0.4, -0.2) is 24.0 Å². The summed E-state index contributed by atoms with van der Waals surface area (Å²) in [6.45, 7) is 6.12. The quantitative estimate of drug-likeness (QED) is 0.884. The summed E-state index contributed by atoms with van der Waals surface area (Å²) in [5, 5.41) is 0. The highest BCUT2D eigenvalue weighted by atomic mass is 16.5. The zero-order valence-corrected chi connectivity index (χ0v) is 14.0. The first kappa shape index (κ1) is 15.8. The lowest BCUT2D eigenvalue weighted by Crippen LogP contribution is -2.23. The monoisotopic (exact) mass is 303 g/mol.